The van der Waals surface area contributed by atoms with Gasteiger partial charge in [0.1, 0.15) is 0 Å². The Balaban J connectivity index is 2.26. The summed E-state index contributed by atoms with van der Waals surface area (Å²) < 4.78 is 1.07. The smallest absolute Gasteiger partial charge is 0.194 e. The van der Waals surface area contributed by atoms with Crippen LogP contribution in [0.3, 0.4) is 0 Å². The fourth-order valence-electron chi connectivity index (χ4n) is 2.83. The van der Waals surface area contributed by atoms with Gasteiger partial charge in [-0.2, -0.15) is 0 Å². The first-order valence-corrected chi connectivity index (χ1v) is 6.92. The molecule has 92 valence electrons. The van der Waals surface area contributed by atoms with Gasteiger partial charge in [-0.3, -0.25) is 4.79 Å². The van der Waals surface area contributed by atoms with Crippen molar-refractivity contribution in [3.05, 3.63) is 58.5 Å². The molecule has 2 aromatic carbocycles. The Morgan fingerprint density at radius 1 is 0.947 bits per heavy atom. The largest absolute Gasteiger partial charge is 0.391 e. The highest BCUT2D eigenvalue weighted by Gasteiger charge is 2.28. The van der Waals surface area contributed by atoms with Gasteiger partial charge in [0.25, 0.3) is 0 Å². The number of benzene rings is 2. The highest BCUT2D eigenvalue weighted by molar-refractivity contribution is 7.19. The average molecular weight is 266 g/mol. The molecule has 19 heavy (non-hydrogen) atoms. The van der Waals surface area contributed by atoms with Crippen LogP contribution in [0, 0.1) is 0 Å². The molecule has 0 saturated carbocycles. The lowest BCUT2D eigenvalue weighted by molar-refractivity contribution is 0.104. The molecule has 0 fully saturated rings. The number of aliphatic hydroxyl groups is 1. The summed E-state index contributed by atoms with van der Waals surface area (Å²) in [5.41, 5.74) is 3.47. The van der Waals surface area contributed by atoms with E-state index in [4.69, 9.17) is 0 Å². The molecule has 0 saturated heterocycles. The molecule has 1 N–H and O–H groups in total. The maximum Gasteiger partial charge on any atom is 0.194 e. The molecule has 0 unspecified atom stereocenters. The maximum atomic E-state index is 12.5. The van der Waals surface area contributed by atoms with Gasteiger partial charge in [0.15, 0.2) is 5.78 Å². The third-order valence-corrected chi connectivity index (χ3v) is 4.76. The summed E-state index contributed by atoms with van der Waals surface area (Å²) in [6, 6.07) is 13.4. The zero-order valence-corrected chi connectivity index (χ0v) is 10.8. The first-order valence-electron chi connectivity index (χ1n) is 6.10. The highest BCUT2D eigenvalue weighted by atomic mass is 32.1. The topological polar surface area (TPSA) is 37.3 Å². The summed E-state index contributed by atoms with van der Waals surface area (Å²) in [5, 5.41) is 10.6. The van der Waals surface area contributed by atoms with E-state index in [1.165, 1.54) is 0 Å². The molecular formula is C16H10O2S. The first-order chi connectivity index (χ1) is 9.31. The number of carbonyl (C=O) groups excluding carboxylic acids is 1. The molecule has 1 aliphatic rings. The van der Waals surface area contributed by atoms with Crippen LogP contribution >= 0.6 is 11.3 Å². The van der Waals surface area contributed by atoms with Crippen molar-refractivity contribution in [2.45, 2.75) is 6.61 Å². The van der Waals surface area contributed by atoms with E-state index in [1.54, 1.807) is 11.3 Å². The predicted molar refractivity (Wildman–Crippen MR) is 76.6 cm³/mol. The minimum Gasteiger partial charge on any atom is -0.391 e. The van der Waals surface area contributed by atoms with E-state index in [2.05, 4.69) is 0 Å². The van der Waals surface area contributed by atoms with Gasteiger partial charge in [0, 0.05) is 31.7 Å². The van der Waals surface area contributed by atoms with E-state index >= 15 is 0 Å². The Morgan fingerprint density at radius 3 is 2.47 bits per heavy atom. The van der Waals surface area contributed by atoms with E-state index in [1.807, 2.05) is 42.5 Å². The van der Waals surface area contributed by atoms with E-state index in [0.29, 0.717) is 0 Å². The Kier molecular flexibility index (Phi) is 2.16. The number of ketones is 1. The number of thiophene rings is 1. The minimum atomic E-state index is 0.0106. The molecule has 3 aromatic rings. The van der Waals surface area contributed by atoms with Crippen molar-refractivity contribution >= 4 is 27.2 Å². The van der Waals surface area contributed by atoms with Crippen LogP contribution in [0.4, 0.5) is 0 Å². The van der Waals surface area contributed by atoms with Gasteiger partial charge in [-0.15, -0.1) is 11.3 Å². The van der Waals surface area contributed by atoms with Crippen LogP contribution < -0.4 is 0 Å². The number of fused-ring (bicyclic) bond motifs is 2. The Morgan fingerprint density at radius 2 is 1.68 bits per heavy atom. The average Bonchev–Trinajstić information content (AvgIpc) is 2.84. The summed E-state index contributed by atoms with van der Waals surface area (Å²) in [6.45, 7) is 0.0106. The zero-order valence-electron chi connectivity index (χ0n) is 10.0. The summed E-state index contributed by atoms with van der Waals surface area (Å²) in [4.78, 5) is 13.5. The molecule has 1 heterocycles. The van der Waals surface area contributed by atoms with Gasteiger partial charge in [-0.25, -0.2) is 0 Å². The molecule has 1 aromatic heterocycles. The van der Waals surface area contributed by atoms with Crippen molar-refractivity contribution in [1.29, 1.82) is 0 Å². The van der Waals surface area contributed by atoms with Gasteiger partial charge in [0.2, 0.25) is 0 Å². The number of aliphatic hydroxyl groups excluding tert-OH is 1. The second kappa shape index (κ2) is 3.76. The molecule has 4 rings (SSSR count). The third-order valence-electron chi connectivity index (χ3n) is 3.62. The molecule has 2 nitrogen and oxygen atoms in total. The van der Waals surface area contributed by atoms with Crippen molar-refractivity contribution in [3.8, 4) is 11.1 Å². The van der Waals surface area contributed by atoms with Crippen LogP contribution in [0.1, 0.15) is 20.8 Å². The number of carbonyl (C=O) groups is 1. The van der Waals surface area contributed by atoms with Crippen molar-refractivity contribution in [2.75, 3.05) is 0 Å². The Bertz CT molecular complexity index is 830. The van der Waals surface area contributed by atoms with Crippen molar-refractivity contribution in [3.63, 3.8) is 0 Å². The second-order valence-electron chi connectivity index (χ2n) is 4.61. The lowest BCUT2D eigenvalue weighted by atomic mass is 9.85. The normalized spacial score (nSPS) is 12.8. The SMILES string of the molecule is O=C1c2ccccc2-c2c(CO)sc3cccc1c23. The van der Waals surface area contributed by atoms with Crippen LogP contribution in [0.15, 0.2) is 42.5 Å². The fourth-order valence-corrected chi connectivity index (χ4v) is 3.93. The lowest BCUT2D eigenvalue weighted by Gasteiger charge is -2.16. The molecule has 0 amide bonds. The third kappa shape index (κ3) is 1.31. The van der Waals surface area contributed by atoms with Gasteiger partial charge >= 0.3 is 0 Å². The summed E-state index contributed by atoms with van der Waals surface area (Å²) in [7, 11) is 0. The molecule has 0 aliphatic heterocycles. The number of hydrogen-bond acceptors (Lipinski definition) is 3. The summed E-state index contributed by atoms with van der Waals surface area (Å²) in [5.74, 6) is 0.0796. The first kappa shape index (κ1) is 10.9. The van der Waals surface area contributed by atoms with Gasteiger partial charge in [-0.1, -0.05) is 36.4 Å². The minimum absolute atomic E-state index is 0.0106. The van der Waals surface area contributed by atoms with E-state index < -0.39 is 0 Å². The Hall–Kier alpha value is -1.97. The van der Waals surface area contributed by atoms with Crippen LogP contribution in [0.5, 0.6) is 0 Å². The van der Waals surface area contributed by atoms with Crippen molar-refractivity contribution in [2.24, 2.45) is 0 Å². The highest BCUT2D eigenvalue weighted by Crippen LogP contribution is 2.45. The zero-order chi connectivity index (χ0) is 13.0. The standard InChI is InChI=1S/C16H10O2S/c17-8-13-14-9-4-1-2-5-10(9)16(18)11-6-3-7-12(19-13)15(11)14/h1-7,17H,8H2. The molecule has 3 heteroatoms. The maximum absolute atomic E-state index is 12.5. The van der Waals surface area contributed by atoms with Crippen LogP contribution in [0.25, 0.3) is 21.2 Å². The lowest BCUT2D eigenvalue weighted by Crippen LogP contribution is -2.08. The van der Waals surface area contributed by atoms with Crippen molar-refractivity contribution < 1.29 is 9.90 Å². The number of hydrogen-bond donors (Lipinski definition) is 1. The van der Waals surface area contributed by atoms with Gasteiger partial charge in [-0.05, 0) is 11.6 Å². The molecule has 0 atom stereocenters. The van der Waals surface area contributed by atoms with Crippen molar-refractivity contribution in [1.82, 2.24) is 0 Å². The second-order valence-corrected chi connectivity index (χ2v) is 5.75. The van der Waals surface area contributed by atoms with Crippen LogP contribution in [-0.4, -0.2) is 10.9 Å². The van der Waals surface area contributed by atoms with E-state index in [0.717, 1.165) is 37.2 Å². The summed E-state index contributed by atoms with van der Waals surface area (Å²) in [6.07, 6.45) is 0. The fraction of sp³-hybridized carbons (Fsp3) is 0.0625. The molecule has 0 radical (unpaired) electrons. The quantitative estimate of drug-likeness (QED) is 0.571. The monoisotopic (exact) mass is 266 g/mol. The molecular weight excluding hydrogens is 256 g/mol. The van der Waals surface area contributed by atoms with Gasteiger partial charge in [0.05, 0.1) is 6.61 Å². The summed E-state index contributed by atoms with van der Waals surface area (Å²) >= 11 is 1.57. The van der Waals surface area contributed by atoms with Gasteiger partial charge < -0.3 is 5.11 Å². The van der Waals surface area contributed by atoms with E-state index in [9.17, 15) is 9.90 Å². The Labute approximate surface area is 113 Å². The molecule has 0 spiro atoms. The predicted octanol–water partition coefficient (Wildman–Crippen LogP) is 3.61. The molecule has 1 aliphatic carbocycles. The van der Waals surface area contributed by atoms with Crippen LogP contribution in [-0.2, 0) is 6.61 Å². The van der Waals surface area contributed by atoms with E-state index in [-0.39, 0.29) is 12.4 Å². The molecule has 0 bridgehead atoms. The number of rotatable bonds is 1. The van der Waals surface area contributed by atoms with Crippen LogP contribution in [0.2, 0.25) is 0 Å².